The molecule has 248 valence electrons. The lowest BCUT2D eigenvalue weighted by Crippen LogP contribution is -2.54. The van der Waals surface area contributed by atoms with Crippen LogP contribution < -0.4 is 19.1 Å². The van der Waals surface area contributed by atoms with Crippen LogP contribution >= 0.6 is 11.6 Å². The van der Waals surface area contributed by atoms with Crippen LogP contribution in [0.4, 0.5) is 5.69 Å². The van der Waals surface area contributed by atoms with Crippen LogP contribution in [0, 0.1) is 0 Å². The molecule has 0 bridgehead atoms. The number of amides is 2. The second-order valence-electron chi connectivity index (χ2n) is 11.0. The predicted octanol–water partition coefficient (Wildman–Crippen LogP) is 6.11. The lowest BCUT2D eigenvalue weighted by Gasteiger charge is -2.34. The molecule has 0 aliphatic carbocycles. The van der Waals surface area contributed by atoms with E-state index < -0.39 is 28.5 Å². The fourth-order valence-corrected chi connectivity index (χ4v) is 6.70. The summed E-state index contributed by atoms with van der Waals surface area (Å²) < 4.78 is 40.3. The number of anilines is 1. The lowest BCUT2D eigenvalue weighted by atomic mass is 10.0. The summed E-state index contributed by atoms with van der Waals surface area (Å²) in [6.07, 6.45) is 0.903. The standard InChI is InChI=1S/C36H40ClN3O6S/c1-5-26(2)38-36(42)32(22-27-13-8-6-9-14-27)39(24-28-15-12-16-29(37)21-28)35(41)25-40(30-17-10-7-11-18-30)47(43,44)31-19-20-33(45-3)34(23-31)46-4/h6-21,23,26,32H,5,22,24-25H2,1-4H3,(H,38,42)/t26-,32+/m1/s1. The van der Waals surface area contributed by atoms with Crippen LogP contribution in [0.3, 0.4) is 0 Å². The highest BCUT2D eigenvalue weighted by molar-refractivity contribution is 7.92. The molecule has 2 atom stereocenters. The van der Waals surface area contributed by atoms with Gasteiger partial charge >= 0.3 is 0 Å². The fourth-order valence-electron chi connectivity index (χ4n) is 5.05. The van der Waals surface area contributed by atoms with E-state index in [1.165, 1.54) is 37.3 Å². The number of methoxy groups -OCH3 is 2. The SMILES string of the molecule is CC[C@@H](C)NC(=O)[C@H](Cc1ccccc1)N(Cc1cccc(Cl)c1)C(=O)CN(c1ccccc1)S(=O)(=O)c1ccc(OC)c(OC)c1. The zero-order chi connectivity index (χ0) is 34.0. The molecular weight excluding hydrogens is 638 g/mol. The van der Waals surface area contributed by atoms with Crippen LogP contribution in [0.2, 0.25) is 5.02 Å². The third-order valence-corrected chi connectivity index (χ3v) is 9.79. The maximum atomic E-state index is 14.6. The Morgan fingerprint density at radius 1 is 0.830 bits per heavy atom. The number of rotatable bonds is 15. The molecule has 0 aromatic heterocycles. The first-order chi connectivity index (χ1) is 22.6. The Morgan fingerprint density at radius 2 is 1.47 bits per heavy atom. The molecule has 47 heavy (non-hydrogen) atoms. The molecule has 1 N–H and O–H groups in total. The quantitative estimate of drug-likeness (QED) is 0.163. The number of hydrogen-bond acceptors (Lipinski definition) is 6. The van der Waals surface area contributed by atoms with Gasteiger partial charge in [0.25, 0.3) is 10.0 Å². The summed E-state index contributed by atoms with van der Waals surface area (Å²) >= 11 is 6.32. The molecule has 0 unspecified atom stereocenters. The average Bonchev–Trinajstić information content (AvgIpc) is 3.08. The molecule has 11 heteroatoms. The number of sulfonamides is 1. The van der Waals surface area contributed by atoms with E-state index in [1.807, 2.05) is 50.2 Å². The van der Waals surface area contributed by atoms with Crippen molar-refractivity contribution in [1.82, 2.24) is 10.2 Å². The number of benzene rings is 4. The molecule has 0 spiro atoms. The smallest absolute Gasteiger partial charge is 0.264 e. The Balaban J connectivity index is 1.81. The third kappa shape index (κ3) is 9.05. The van der Waals surface area contributed by atoms with Gasteiger partial charge in [-0.25, -0.2) is 8.42 Å². The second kappa shape index (κ2) is 16.3. The van der Waals surface area contributed by atoms with Gasteiger partial charge in [0, 0.05) is 30.1 Å². The van der Waals surface area contributed by atoms with Crippen LogP contribution in [0.15, 0.2) is 108 Å². The van der Waals surface area contributed by atoms with Gasteiger partial charge in [-0.05, 0) is 60.9 Å². The molecule has 0 aliphatic rings. The molecule has 0 fully saturated rings. The molecule has 0 aliphatic heterocycles. The summed E-state index contributed by atoms with van der Waals surface area (Å²) in [6.45, 7) is 3.29. The molecule has 9 nitrogen and oxygen atoms in total. The van der Waals surface area contributed by atoms with Gasteiger partial charge in [0.05, 0.1) is 24.8 Å². The van der Waals surface area contributed by atoms with Crippen molar-refractivity contribution in [3.8, 4) is 11.5 Å². The Labute approximate surface area is 282 Å². The van der Waals surface area contributed by atoms with Gasteiger partial charge in [-0.1, -0.05) is 79.2 Å². The van der Waals surface area contributed by atoms with Crippen LogP contribution in [-0.4, -0.2) is 58.0 Å². The van der Waals surface area contributed by atoms with Crippen molar-refractivity contribution >= 4 is 39.1 Å². The van der Waals surface area contributed by atoms with E-state index >= 15 is 0 Å². The summed E-state index contributed by atoms with van der Waals surface area (Å²) in [5.74, 6) is -0.330. The molecule has 0 saturated carbocycles. The normalized spacial score (nSPS) is 12.4. The van der Waals surface area contributed by atoms with Gasteiger partial charge in [0.1, 0.15) is 12.6 Å². The van der Waals surface area contributed by atoms with Gasteiger partial charge in [-0.2, -0.15) is 0 Å². The third-order valence-electron chi connectivity index (χ3n) is 7.78. The van der Waals surface area contributed by atoms with Crippen molar-refractivity contribution in [2.45, 2.75) is 50.2 Å². The Kier molecular flexibility index (Phi) is 12.3. The topological polar surface area (TPSA) is 105 Å². The van der Waals surface area contributed by atoms with Crippen molar-refractivity contribution in [2.24, 2.45) is 0 Å². The molecule has 0 heterocycles. The number of halogens is 1. The number of hydrogen-bond donors (Lipinski definition) is 1. The zero-order valence-electron chi connectivity index (χ0n) is 26.9. The van der Waals surface area contributed by atoms with Gasteiger partial charge in [-0.15, -0.1) is 0 Å². The first-order valence-electron chi connectivity index (χ1n) is 15.2. The summed E-state index contributed by atoms with van der Waals surface area (Å²) in [4.78, 5) is 29.9. The number of carbonyl (C=O) groups excluding carboxylic acids is 2. The largest absolute Gasteiger partial charge is 0.493 e. The summed E-state index contributed by atoms with van der Waals surface area (Å²) in [7, 11) is -1.45. The summed E-state index contributed by atoms with van der Waals surface area (Å²) in [6, 6.07) is 28.0. The van der Waals surface area contributed by atoms with E-state index in [4.69, 9.17) is 21.1 Å². The molecular formula is C36H40ClN3O6S. The van der Waals surface area contributed by atoms with E-state index in [9.17, 15) is 18.0 Å². The predicted molar refractivity (Wildman–Crippen MR) is 184 cm³/mol. The number of nitrogens with one attached hydrogen (secondary N) is 1. The maximum absolute atomic E-state index is 14.6. The maximum Gasteiger partial charge on any atom is 0.264 e. The molecule has 0 radical (unpaired) electrons. The van der Waals surface area contributed by atoms with Crippen molar-refractivity contribution < 1.29 is 27.5 Å². The Morgan fingerprint density at radius 3 is 2.09 bits per heavy atom. The fraction of sp³-hybridized carbons (Fsp3) is 0.278. The van der Waals surface area contributed by atoms with E-state index in [-0.39, 0.29) is 41.2 Å². The number of para-hydroxylation sites is 1. The Bertz CT molecular complexity index is 1760. The highest BCUT2D eigenvalue weighted by Crippen LogP contribution is 2.32. The van der Waals surface area contributed by atoms with Gasteiger partial charge in [0.2, 0.25) is 11.8 Å². The highest BCUT2D eigenvalue weighted by atomic mass is 35.5. The van der Waals surface area contributed by atoms with Crippen molar-refractivity contribution in [3.63, 3.8) is 0 Å². The number of nitrogens with zero attached hydrogens (tertiary/aromatic N) is 2. The molecule has 4 aromatic carbocycles. The average molecular weight is 678 g/mol. The van der Waals surface area contributed by atoms with Gasteiger partial charge in [-0.3, -0.25) is 13.9 Å². The van der Waals surface area contributed by atoms with E-state index in [2.05, 4.69) is 5.32 Å². The zero-order valence-corrected chi connectivity index (χ0v) is 28.5. The van der Waals surface area contributed by atoms with E-state index in [0.717, 1.165) is 9.87 Å². The van der Waals surface area contributed by atoms with Crippen molar-refractivity contribution in [1.29, 1.82) is 0 Å². The molecule has 2 amide bonds. The second-order valence-corrected chi connectivity index (χ2v) is 13.3. The number of carbonyl (C=O) groups is 2. The van der Waals surface area contributed by atoms with Crippen LogP contribution in [-0.2, 0) is 32.6 Å². The first-order valence-corrected chi connectivity index (χ1v) is 17.1. The highest BCUT2D eigenvalue weighted by Gasteiger charge is 2.35. The van der Waals surface area contributed by atoms with Crippen molar-refractivity contribution in [2.75, 3.05) is 25.1 Å². The van der Waals surface area contributed by atoms with Crippen molar-refractivity contribution in [3.05, 3.63) is 119 Å². The molecule has 0 saturated heterocycles. The molecule has 4 rings (SSSR count). The Hall–Kier alpha value is -4.54. The summed E-state index contributed by atoms with van der Waals surface area (Å²) in [5, 5.41) is 3.50. The van der Waals surface area contributed by atoms with E-state index in [0.29, 0.717) is 22.8 Å². The minimum Gasteiger partial charge on any atom is -0.493 e. The van der Waals surface area contributed by atoms with Crippen LogP contribution in [0.25, 0.3) is 0 Å². The monoisotopic (exact) mass is 677 g/mol. The lowest BCUT2D eigenvalue weighted by molar-refractivity contribution is -0.140. The summed E-state index contributed by atoms with van der Waals surface area (Å²) in [5.41, 5.74) is 1.81. The van der Waals surface area contributed by atoms with Gasteiger partial charge < -0.3 is 19.7 Å². The minimum atomic E-state index is -4.32. The van der Waals surface area contributed by atoms with Crippen LogP contribution in [0.5, 0.6) is 11.5 Å². The van der Waals surface area contributed by atoms with Gasteiger partial charge in [0.15, 0.2) is 11.5 Å². The first kappa shape index (κ1) is 35.3. The number of ether oxygens (including phenoxy) is 2. The molecule has 4 aromatic rings. The minimum absolute atomic E-state index is 0.0177. The van der Waals surface area contributed by atoms with Crippen LogP contribution in [0.1, 0.15) is 31.4 Å². The van der Waals surface area contributed by atoms with E-state index in [1.54, 1.807) is 48.5 Å².